The number of benzene rings is 1. The van der Waals surface area contributed by atoms with Gasteiger partial charge in [0.25, 0.3) is 0 Å². The minimum absolute atomic E-state index is 0.197. The summed E-state index contributed by atoms with van der Waals surface area (Å²) in [5.74, 6) is 0.574. The van der Waals surface area contributed by atoms with Gasteiger partial charge in [0, 0.05) is 11.3 Å². The summed E-state index contributed by atoms with van der Waals surface area (Å²) < 4.78 is 0. The molecule has 2 N–H and O–H groups in total. The van der Waals surface area contributed by atoms with Crippen LogP contribution in [-0.2, 0) is 11.2 Å². The van der Waals surface area contributed by atoms with Crippen LogP contribution in [0.5, 0.6) is 0 Å². The van der Waals surface area contributed by atoms with E-state index < -0.39 is 5.25 Å². The number of carbonyl (C=O) groups excluding carboxylic acids is 1. The van der Waals surface area contributed by atoms with E-state index >= 15 is 0 Å². The number of nitriles is 1. The molecule has 0 aliphatic rings. The van der Waals surface area contributed by atoms with Crippen LogP contribution in [-0.4, -0.2) is 26.3 Å². The third kappa shape index (κ3) is 4.47. The SMILES string of the molecule is CC(Sc1n[nH]c(Cc2cccs2)n1)C(=O)Nc1ccccc1C#N. The molecule has 8 heteroatoms. The average molecular weight is 369 g/mol. The number of nitrogens with zero attached hydrogens (tertiary/aromatic N) is 3. The van der Waals surface area contributed by atoms with E-state index in [1.54, 1.807) is 42.5 Å². The van der Waals surface area contributed by atoms with E-state index in [1.165, 1.54) is 16.6 Å². The molecule has 1 amide bonds. The zero-order chi connectivity index (χ0) is 17.6. The Bertz CT molecular complexity index is 898. The number of rotatable bonds is 6. The van der Waals surface area contributed by atoms with E-state index in [9.17, 15) is 4.79 Å². The number of aromatic amines is 1. The highest BCUT2D eigenvalue weighted by Crippen LogP contribution is 2.22. The van der Waals surface area contributed by atoms with Crippen molar-refractivity contribution in [1.82, 2.24) is 15.2 Å². The highest BCUT2D eigenvalue weighted by molar-refractivity contribution is 8.00. The molecule has 1 unspecified atom stereocenters. The minimum Gasteiger partial charge on any atom is -0.324 e. The predicted molar refractivity (Wildman–Crippen MR) is 98.6 cm³/mol. The summed E-state index contributed by atoms with van der Waals surface area (Å²) in [7, 11) is 0. The largest absolute Gasteiger partial charge is 0.324 e. The zero-order valence-corrected chi connectivity index (χ0v) is 15.0. The third-order valence-corrected chi connectivity index (χ3v) is 5.23. The maximum atomic E-state index is 12.3. The van der Waals surface area contributed by atoms with Crippen LogP contribution in [0.25, 0.3) is 0 Å². The summed E-state index contributed by atoms with van der Waals surface area (Å²) in [6, 6.07) is 13.0. The van der Waals surface area contributed by atoms with Crippen molar-refractivity contribution in [3.05, 3.63) is 58.0 Å². The normalized spacial score (nSPS) is 11.7. The second kappa shape index (κ2) is 7.96. The Labute approximate surface area is 153 Å². The Morgan fingerprint density at radius 2 is 2.24 bits per heavy atom. The minimum atomic E-state index is -0.392. The van der Waals surface area contributed by atoms with Crippen molar-refractivity contribution in [2.24, 2.45) is 0 Å². The van der Waals surface area contributed by atoms with Gasteiger partial charge in [0.2, 0.25) is 11.1 Å². The van der Waals surface area contributed by atoms with Crippen molar-refractivity contribution in [3.8, 4) is 6.07 Å². The number of aromatic nitrogens is 3. The van der Waals surface area contributed by atoms with Crippen LogP contribution in [0, 0.1) is 11.3 Å². The van der Waals surface area contributed by atoms with E-state index in [0.717, 1.165) is 5.82 Å². The summed E-state index contributed by atoms with van der Waals surface area (Å²) in [6.07, 6.45) is 0.696. The van der Waals surface area contributed by atoms with Gasteiger partial charge in [-0.2, -0.15) is 5.26 Å². The monoisotopic (exact) mass is 369 g/mol. The lowest BCUT2D eigenvalue weighted by Gasteiger charge is -2.11. The molecule has 0 aliphatic heterocycles. The highest BCUT2D eigenvalue weighted by atomic mass is 32.2. The van der Waals surface area contributed by atoms with Crippen molar-refractivity contribution in [2.45, 2.75) is 23.8 Å². The number of thiophene rings is 1. The summed E-state index contributed by atoms with van der Waals surface area (Å²) >= 11 is 2.94. The molecule has 3 aromatic rings. The van der Waals surface area contributed by atoms with Crippen molar-refractivity contribution in [1.29, 1.82) is 5.26 Å². The molecular formula is C17H15N5OS2. The van der Waals surface area contributed by atoms with Crippen molar-refractivity contribution in [3.63, 3.8) is 0 Å². The van der Waals surface area contributed by atoms with E-state index in [0.29, 0.717) is 22.8 Å². The van der Waals surface area contributed by atoms with Gasteiger partial charge in [-0.05, 0) is 30.5 Å². The van der Waals surface area contributed by atoms with Gasteiger partial charge in [-0.25, -0.2) is 4.98 Å². The Kier molecular flexibility index (Phi) is 5.48. The van der Waals surface area contributed by atoms with Crippen LogP contribution in [0.2, 0.25) is 0 Å². The maximum Gasteiger partial charge on any atom is 0.237 e. The highest BCUT2D eigenvalue weighted by Gasteiger charge is 2.18. The predicted octanol–water partition coefficient (Wildman–Crippen LogP) is 3.45. The van der Waals surface area contributed by atoms with E-state index in [4.69, 9.17) is 5.26 Å². The van der Waals surface area contributed by atoms with Gasteiger partial charge in [-0.3, -0.25) is 9.89 Å². The van der Waals surface area contributed by atoms with Gasteiger partial charge in [0.15, 0.2) is 0 Å². The van der Waals surface area contributed by atoms with Crippen molar-refractivity contribution < 1.29 is 4.79 Å². The molecule has 3 rings (SSSR count). The van der Waals surface area contributed by atoms with Crippen LogP contribution >= 0.6 is 23.1 Å². The Morgan fingerprint density at radius 3 is 3.00 bits per heavy atom. The number of carbonyl (C=O) groups is 1. The molecule has 1 aromatic carbocycles. The topological polar surface area (TPSA) is 94.5 Å². The molecule has 0 saturated heterocycles. The molecule has 2 heterocycles. The molecule has 0 fully saturated rings. The average Bonchev–Trinajstić information content (AvgIpc) is 3.28. The van der Waals surface area contributed by atoms with Gasteiger partial charge >= 0.3 is 0 Å². The molecule has 2 aromatic heterocycles. The van der Waals surface area contributed by atoms with Crippen LogP contribution in [0.15, 0.2) is 46.9 Å². The molecular weight excluding hydrogens is 354 g/mol. The van der Waals surface area contributed by atoms with Gasteiger partial charge < -0.3 is 5.32 Å². The lowest BCUT2D eigenvalue weighted by Crippen LogP contribution is -2.23. The third-order valence-electron chi connectivity index (χ3n) is 3.39. The number of para-hydroxylation sites is 1. The lowest BCUT2D eigenvalue weighted by atomic mass is 10.2. The van der Waals surface area contributed by atoms with Gasteiger partial charge in [0.05, 0.1) is 16.5 Å². The van der Waals surface area contributed by atoms with Crippen LogP contribution < -0.4 is 5.32 Å². The molecule has 6 nitrogen and oxygen atoms in total. The molecule has 0 spiro atoms. The summed E-state index contributed by atoms with van der Waals surface area (Å²) in [5.41, 5.74) is 0.944. The molecule has 0 saturated carbocycles. The first-order valence-corrected chi connectivity index (χ1v) is 9.32. The second-order valence-electron chi connectivity index (χ2n) is 5.23. The summed E-state index contributed by atoms with van der Waals surface area (Å²) in [4.78, 5) is 18.0. The van der Waals surface area contributed by atoms with Crippen LogP contribution in [0.3, 0.4) is 0 Å². The van der Waals surface area contributed by atoms with E-state index in [2.05, 4.69) is 26.6 Å². The standard InChI is InChI=1S/C17H15N5OS2/c1-11(16(23)19-14-7-3-2-5-12(14)10-18)25-17-20-15(21-22-17)9-13-6-4-8-24-13/h2-8,11H,9H2,1H3,(H,19,23)(H,20,21,22). The Morgan fingerprint density at radius 1 is 1.40 bits per heavy atom. The number of thioether (sulfide) groups is 1. The number of anilines is 1. The molecule has 0 bridgehead atoms. The van der Waals surface area contributed by atoms with Gasteiger partial charge in [-0.1, -0.05) is 30.0 Å². The molecule has 0 aliphatic carbocycles. The second-order valence-corrected chi connectivity index (χ2v) is 7.57. The van der Waals surface area contributed by atoms with Crippen LogP contribution in [0.1, 0.15) is 23.2 Å². The first-order valence-electron chi connectivity index (χ1n) is 7.56. The number of amides is 1. The first kappa shape index (κ1) is 17.2. The lowest BCUT2D eigenvalue weighted by molar-refractivity contribution is -0.115. The quantitative estimate of drug-likeness (QED) is 0.649. The van der Waals surface area contributed by atoms with Crippen molar-refractivity contribution in [2.75, 3.05) is 5.32 Å². The van der Waals surface area contributed by atoms with Gasteiger partial charge in [0.1, 0.15) is 11.9 Å². The number of H-pyrrole nitrogens is 1. The summed E-state index contributed by atoms with van der Waals surface area (Å²) in [5, 5.41) is 21.1. The van der Waals surface area contributed by atoms with E-state index in [-0.39, 0.29) is 5.91 Å². The van der Waals surface area contributed by atoms with Crippen LogP contribution in [0.4, 0.5) is 5.69 Å². The fourth-order valence-electron chi connectivity index (χ4n) is 2.12. The maximum absolute atomic E-state index is 12.3. The molecule has 25 heavy (non-hydrogen) atoms. The number of nitrogens with one attached hydrogen (secondary N) is 2. The Balaban J connectivity index is 1.60. The van der Waals surface area contributed by atoms with E-state index in [1.807, 2.05) is 17.5 Å². The van der Waals surface area contributed by atoms with Gasteiger partial charge in [-0.15, -0.1) is 16.4 Å². The smallest absolute Gasteiger partial charge is 0.237 e. The fraction of sp³-hybridized carbons (Fsp3) is 0.176. The fourth-order valence-corrected chi connectivity index (χ4v) is 3.58. The Hall–Kier alpha value is -2.63. The zero-order valence-electron chi connectivity index (χ0n) is 13.4. The number of hydrogen-bond acceptors (Lipinski definition) is 6. The number of hydrogen-bond donors (Lipinski definition) is 2. The molecule has 0 radical (unpaired) electrons. The molecule has 1 atom stereocenters. The first-order chi connectivity index (χ1) is 12.2. The van der Waals surface area contributed by atoms with Crippen molar-refractivity contribution >= 4 is 34.7 Å². The molecule has 126 valence electrons. The summed E-state index contributed by atoms with van der Waals surface area (Å²) in [6.45, 7) is 1.78.